The first kappa shape index (κ1) is 9.81. The van der Waals surface area contributed by atoms with Crippen LogP contribution in [0, 0.1) is 6.92 Å². The van der Waals surface area contributed by atoms with Crippen LogP contribution in [0.2, 0.25) is 5.02 Å². The van der Waals surface area contributed by atoms with Crippen LogP contribution in [0.4, 0.5) is 0 Å². The van der Waals surface area contributed by atoms with Gasteiger partial charge in [-0.15, -0.1) is 0 Å². The Kier molecular flexibility index (Phi) is 2.66. The van der Waals surface area contributed by atoms with Gasteiger partial charge in [0.1, 0.15) is 5.75 Å². The van der Waals surface area contributed by atoms with E-state index in [4.69, 9.17) is 11.6 Å². The first-order valence-electron chi connectivity index (χ1n) is 4.91. The lowest BCUT2D eigenvalue weighted by atomic mass is 10.00. The fourth-order valence-corrected chi connectivity index (χ4v) is 2.18. The standard InChI is InChI=1S/C11H14ClNO/c1-7-5-11(14)9(12)6-8(7)10-3-2-4-13-10/h5-6,10,13-14H,2-4H2,1H3. The number of hydrogen-bond acceptors (Lipinski definition) is 2. The van der Waals surface area contributed by atoms with E-state index in [2.05, 4.69) is 5.32 Å². The summed E-state index contributed by atoms with van der Waals surface area (Å²) < 4.78 is 0. The van der Waals surface area contributed by atoms with Gasteiger partial charge in [-0.25, -0.2) is 0 Å². The van der Waals surface area contributed by atoms with E-state index in [1.807, 2.05) is 13.0 Å². The molecule has 2 nitrogen and oxygen atoms in total. The third-order valence-corrected chi connectivity index (χ3v) is 3.07. The molecule has 0 aromatic heterocycles. The summed E-state index contributed by atoms with van der Waals surface area (Å²) in [4.78, 5) is 0. The number of aryl methyl sites for hydroxylation is 1. The van der Waals surface area contributed by atoms with Gasteiger partial charge in [-0.1, -0.05) is 11.6 Å². The van der Waals surface area contributed by atoms with E-state index in [9.17, 15) is 5.11 Å². The molecule has 0 spiro atoms. The molecule has 1 saturated heterocycles. The van der Waals surface area contributed by atoms with Gasteiger partial charge in [0.15, 0.2) is 0 Å². The largest absolute Gasteiger partial charge is 0.506 e. The predicted octanol–water partition coefficient (Wildman–Crippen LogP) is 2.78. The molecule has 0 aliphatic carbocycles. The Labute approximate surface area is 88.9 Å². The van der Waals surface area contributed by atoms with Crippen LogP contribution in [-0.2, 0) is 0 Å². The van der Waals surface area contributed by atoms with E-state index >= 15 is 0 Å². The van der Waals surface area contributed by atoms with Gasteiger partial charge in [0, 0.05) is 6.04 Å². The highest BCUT2D eigenvalue weighted by atomic mass is 35.5. The Bertz CT molecular complexity index is 345. The molecule has 1 aromatic rings. The summed E-state index contributed by atoms with van der Waals surface area (Å²) in [5.74, 6) is 0.172. The zero-order valence-corrected chi connectivity index (χ0v) is 8.93. The van der Waals surface area contributed by atoms with Crippen molar-refractivity contribution in [1.82, 2.24) is 5.32 Å². The van der Waals surface area contributed by atoms with Crippen LogP contribution in [-0.4, -0.2) is 11.7 Å². The summed E-state index contributed by atoms with van der Waals surface area (Å²) in [6.07, 6.45) is 2.37. The van der Waals surface area contributed by atoms with E-state index in [1.54, 1.807) is 6.07 Å². The van der Waals surface area contributed by atoms with Crippen LogP contribution in [0.3, 0.4) is 0 Å². The topological polar surface area (TPSA) is 32.3 Å². The fourth-order valence-electron chi connectivity index (χ4n) is 2.01. The van der Waals surface area contributed by atoms with Gasteiger partial charge < -0.3 is 10.4 Å². The molecule has 1 heterocycles. The first-order chi connectivity index (χ1) is 6.68. The number of halogens is 1. The van der Waals surface area contributed by atoms with Crippen molar-refractivity contribution in [3.63, 3.8) is 0 Å². The minimum absolute atomic E-state index is 0.172. The molecule has 0 saturated carbocycles. The molecular weight excluding hydrogens is 198 g/mol. The van der Waals surface area contributed by atoms with Gasteiger partial charge in [-0.05, 0) is 49.6 Å². The van der Waals surface area contributed by atoms with Crippen molar-refractivity contribution in [1.29, 1.82) is 0 Å². The lowest BCUT2D eigenvalue weighted by Gasteiger charge is -2.14. The zero-order chi connectivity index (χ0) is 10.1. The third-order valence-electron chi connectivity index (χ3n) is 2.77. The summed E-state index contributed by atoms with van der Waals surface area (Å²) in [7, 11) is 0. The molecule has 14 heavy (non-hydrogen) atoms. The van der Waals surface area contributed by atoms with Crippen molar-refractivity contribution in [3.05, 3.63) is 28.3 Å². The second kappa shape index (κ2) is 3.79. The lowest BCUT2D eigenvalue weighted by Crippen LogP contribution is -2.13. The average molecular weight is 212 g/mol. The summed E-state index contributed by atoms with van der Waals surface area (Å²) >= 11 is 5.89. The second-order valence-electron chi connectivity index (χ2n) is 3.81. The second-order valence-corrected chi connectivity index (χ2v) is 4.22. The first-order valence-corrected chi connectivity index (χ1v) is 5.28. The lowest BCUT2D eigenvalue weighted by molar-refractivity contribution is 0.474. The van der Waals surface area contributed by atoms with Crippen LogP contribution in [0.15, 0.2) is 12.1 Å². The van der Waals surface area contributed by atoms with Crippen LogP contribution in [0.1, 0.15) is 30.0 Å². The molecule has 0 radical (unpaired) electrons. The molecule has 1 aromatic carbocycles. The zero-order valence-electron chi connectivity index (χ0n) is 8.18. The van der Waals surface area contributed by atoms with E-state index < -0.39 is 0 Å². The van der Waals surface area contributed by atoms with Crippen molar-refractivity contribution >= 4 is 11.6 Å². The highest BCUT2D eigenvalue weighted by Crippen LogP contribution is 2.32. The molecule has 0 amide bonds. The summed E-state index contributed by atoms with van der Waals surface area (Å²) in [5.41, 5.74) is 2.32. The monoisotopic (exact) mass is 211 g/mol. The smallest absolute Gasteiger partial charge is 0.134 e. The van der Waals surface area contributed by atoms with E-state index in [0.717, 1.165) is 18.5 Å². The number of nitrogens with one attached hydrogen (secondary N) is 1. The molecule has 1 fully saturated rings. The number of aromatic hydroxyl groups is 1. The van der Waals surface area contributed by atoms with Gasteiger partial charge in [0.05, 0.1) is 5.02 Å². The van der Waals surface area contributed by atoms with Crippen molar-refractivity contribution in [3.8, 4) is 5.75 Å². The number of hydrogen-bond donors (Lipinski definition) is 2. The Morgan fingerprint density at radius 2 is 2.29 bits per heavy atom. The quantitative estimate of drug-likeness (QED) is 0.749. The summed E-state index contributed by atoms with van der Waals surface area (Å²) in [6, 6.07) is 4.01. The fraction of sp³-hybridized carbons (Fsp3) is 0.455. The van der Waals surface area contributed by atoms with Crippen molar-refractivity contribution < 1.29 is 5.11 Å². The van der Waals surface area contributed by atoms with E-state index in [1.165, 1.54) is 12.0 Å². The highest BCUT2D eigenvalue weighted by Gasteiger charge is 2.19. The maximum Gasteiger partial charge on any atom is 0.134 e. The number of phenolic OH excluding ortho intramolecular Hbond substituents is 1. The molecule has 0 bridgehead atoms. The number of benzene rings is 1. The maximum atomic E-state index is 9.42. The van der Waals surface area contributed by atoms with Crippen LogP contribution < -0.4 is 5.32 Å². The van der Waals surface area contributed by atoms with Crippen molar-refractivity contribution in [2.75, 3.05) is 6.54 Å². The number of rotatable bonds is 1. The predicted molar refractivity (Wildman–Crippen MR) is 57.8 cm³/mol. The summed E-state index contributed by atoms with van der Waals surface area (Å²) in [6.45, 7) is 3.08. The van der Waals surface area contributed by atoms with Crippen LogP contribution in [0.25, 0.3) is 0 Å². The van der Waals surface area contributed by atoms with Crippen molar-refractivity contribution in [2.45, 2.75) is 25.8 Å². The van der Waals surface area contributed by atoms with E-state index in [-0.39, 0.29) is 5.75 Å². The Morgan fingerprint density at radius 3 is 2.93 bits per heavy atom. The average Bonchev–Trinajstić information content (AvgIpc) is 2.64. The molecule has 3 heteroatoms. The minimum Gasteiger partial charge on any atom is -0.506 e. The molecule has 1 atom stereocenters. The summed E-state index contributed by atoms with van der Waals surface area (Å²) in [5, 5.41) is 13.3. The third kappa shape index (κ3) is 1.72. The molecule has 2 rings (SSSR count). The molecule has 1 aliphatic heterocycles. The number of phenols is 1. The van der Waals surface area contributed by atoms with Gasteiger partial charge >= 0.3 is 0 Å². The van der Waals surface area contributed by atoms with Crippen LogP contribution >= 0.6 is 11.6 Å². The molecule has 1 unspecified atom stereocenters. The van der Waals surface area contributed by atoms with Gasteiger partial charge in [-0.3, -0.25) is 0 Å². The molecule has 76 valence electrons. The Morgan fingerprint density at radius 1 is 1.50 bits per heavy atom. The normalized spacial score (nSPS) is 21.4. The minimum atomic E-state index is 0.172. The Balaban J connectivity index is 2.37. The SMILES string of the molecule is Cc1cc(O)c(Cl)cc1C1CCCN1. The van der Waals surface area contributed by atoms with Crippen molar-refractivity contribution in [2.24, 2.45) is 0 Å². The van der Waals surface area contributed by atoms with Gasteiger partial charge in [0.2, 0.25) is 0 Å². The van der Waals surface area contributed by atoms with Gasteiger partial charge in [-0.2, -0.15) is 0 Å². The maximum absolute atomic E-state index is 9.42. The molecule has 2 N–H and O–H groups in total. The van der Waals surface area contributed by atoms with Crippen LogP contribution in [0.5, 0.6) is 5.75 Å². The Hall–Kier alpha value is -0.730. The molecular formula is C11H14ClNO. The highest BCUT2D eigenvalue weighted by molar-refractivity contribution is 6.32. The van der Waals surface area contributed by atoms with E-state index in [0.29, 0.717) is 11.1 Å². The molecule has 1 aliphatic rings. The van der Waals surface area contributed by atoms with Gasteiger partial charge in [0.25, 0.3) is 0 Å².